The largest absolute Gasteiger partial charge is 0.489 e. The number of aryl methyl sites for hydroxylation is 1. The van der Waals surface area contributed by atoms with E-state index in [1.54, 1.807) is 26.0 Å². The predicted molar refractivity (Wildman–Crippen MR) is 116 cm³/mol. The molecule has 0 atom stereocenters. The zero-order valence-corrected chi connectivity index (χ0v) is 17.9. The van der Waals surface area contributed by atoms with E-state index in [4.69, 9.17) is 9.47 Å². The first kappa shape index (κ1) is 21.6. The summed E-state index contributed by atoms with van der Waals surface area (Å²) in [7, 11) is 0. The second-order valence-electron chi connectivity index (χ2n) is 7.15. The number of benzene rings is 2. The zero-order valence-electron chi connectivity index (χ0n) is 17.1. The van der Waals surface area contributed by atoms with Gasteiger partial charge in [-0.3, -0.25) is 19.3 Å². The summed E-state index contributed by atoms with van der Waals surface area (Å²) in [5, 5.41) is -0.487. The average Bonchev–Trinajstić information content (AvgIpc) is 2.94. The molecule has 0 bridgehead atoms. The van der Waals surface area contributed by atoms with Gasteiger partial charge in [-0.25, -0.2) is 0 Å². The van der Waals surface area contributed by atoms with Gasteiger partial charge in [-0.05, 0) is 61.9 Å². The van der Waals surface area contributed by atoms with E-state index >= 15 is 0 Å². The van der Waals surface area contributed by atoms with Gasteiger partial charge in [-0.2, -0.15) is 0 Å². The first-order chi connectivity index (χ1) is 14.3. The molecule has 0 N–H and O–H groups in total. The van der Waals surface area contributed by atoms with Crippen LogP contribution in [-0.4, -0.2) is 34.7 Å². The fraction of sp³-hybridized carbons (Fsp3) is 0.261. The third kappa shape index (κ3) is 5.73. The highest BCUT2D eigenvalue weighted by atomic mass is 32.2. The lowest BCUT2D eigenvalue weighted by atomic mass is 10.1. The molecule has 1 aliphatic rings. The second-order valence-corrected chi connectivity index (χ2v) is 8.15. The molecule has 0 saturated carbocycles. The number of carbonyl (C=O) groups is 3. The number of nitrogens with zero attached hydrogens (tertiary/aromatic N) is 1. The lowest BCUT2D eigenvalue weighted by Crippen LogP contribution is -2.35. The molecule has 0 aliphatic carbocycles. The average molecular weight is 426 g/mol. The fourth-order valence-electron chi connectivity index (χ4n) is 2.76. The summed E-state index contributed by atoms with van der Waals surface area (Å²) in [6, 6.07) is 15.4. The third-order valence-corrected chi connectivity index (χ3v) is 5.12. The fourth-order valence-corrected chi connectivity index (χ4v) is 3.60. The maximum atomic E-state index is 12.5. The third-order valence-electron chi connectivity index (χ3n) is 4.21. The van der Waals surface area contributed by atoms with Gasteiger partial charge in [0.05, 0.1) is 11.0 Å². The number of imide groups is 1. The van der Waals surface area contributed by atoms with E-state index in [0.717, 1.165) is 27.8 Å². The Morgan fingerprint density at radius 2 is 1.87 bits per heavy atom. The molecule has 30 heavy (non-hydrogen) atoms. The summed E-state index contributed by atoms with van der Waals surface area (Å²) in [5.74, 6) is -0.458. The van der Waals surface area contributed by atoms with Gasteiger partial charge >= 0.3 is 5.97 Å². The summed E-state index contributed by atoms with van der Waals surface area (Å²) >= 11 is 0.805. The molecule has 2 aromatic carbocycles. The van der Waals surface area contributed by atoms with Gasteiger partial charge in [-0.15, -0.1) is 0 Å². The lowest BCUT2D eigenvalue weighted by Gasteiger charge is -2.13. The SMILES string of the molecule is Cc1ccc(COc2cccc(/C=C3\SC(=O)N(CC(=O)OC(C)C)C3=O)c2)cc1. The van der Waals surface area contributed by atoms with Crippen LogP contribution in [0.1, 0.15) is 30.5 Å². The van der Waals surface area contributed by atoms with Crippen molar-refractivity contribution in [2.24, 2.45) is 0 Å². The first-order valence-electron chi connectivity index (χ1n) is 9.55. The molecule has 1 aliphatic heterocycles. The van der Waals surface area contributed by atoms with Crippen LogP contribution in [0.5, 0.6) is 5.75 Å². The van der Waals surface area contributed by atoms with Crippen LogP contribution in [0.2, 0.25) is 0 Å². The van der Waals surface area contributed by atoms with E-state index in [1.165, 1.54) is 5.56 Å². The van der Waals surface area contributed by atoms with E-state index in [-0.39, 0.29) is 17.6 Å². The standard InChI is InChI=1S/C23H23NO5S/c1-15(2)29-21(25)13-24-22(26)20(30-23(24)27)12-18-5-4-6-19(11-18)28-14-17-9-7-16(3)8-10-17/h4-12,15H,13-14H2,1-3H3/b20-12-. The van der Waals surface area contributed by atoms with Crippen molar-refractivity contribution in [3.05, 3.63) is 70.1 Å². The number of hydrogen-bond acceptors (Lipinski definition) is 6. The van der Waals surface area contributed by atoms with Gasteiger partial charge in [0.1, 0.15) is 18.9 Å². The summed E-state index contributed by atoms with van der Waals surface area (Å²) in [6.07, 6.45) is 1.31. The number of esters is 1. The topological polar surface area (TPSA) is 72.9 Å². The van der Waals surface area contributed by atoms with Crippen molar-refractivity contribution in [3.8, 4) is 5.75 Å². The Morgan fingerprint density at radius 1 is 1.13 bits per heavy atom. The van der Waals surface area contributed by atoms with Crippen LogP contribution in [0.15, 0.2) is 53.4 Å². The summed E-state index contributed by atoms with van der Waals surface area (Å²) in [5.41, 5.74) is 2.97. The van der Waals surface area contributed by atoms with Crippen LogP contribution in [0, 0.1) is 6.92 Å². The van der Waals surface area contributed by atoms with E-state index in [0.29, 0.717) is 12.4 Å². The molecule has 2 amide bonds. The Morgan fingerprint density at radius 3 is 2.57 bits per heavy atom. The van der Waals surface area contributed by atoms with Crippen molar-refractivity contribution in [1.29, 1.82) is 0 Å². The Kier molecular flexibility index (Phi) is 6.95. The van der Waals surface area contributed by atoms with Crippen molar-refractivity contribution in [1.82, 2.24) is 4.90 Å². The smallest absolute Gasteiger partial charge is 0.326 e. The molecule has 2 aromatic rings. The summed E-state index contributed by atoms with van der Waals surface area (Å²) < 4.78 is 10.9. The van der Waals surface area contributed by atoms with Crippen LogP contribution in [0.4, 0.5) is 4.79 Å². The first-order valence-corrected chi connectivity index (χ1v) is 10.4. The number of carbonyl (C=O) groups excluding carboxylic acids is 3. The summed E-state index contributed by atoms with van der Waals surface area (Å²) in [6.45, 7) is 5.49. The number of amides is 2. The summed E-state index contributed by atoms with van der Waals surface area (Å²) in [4.78, 5) is 37.7. The predicted octanol–water partition coefficient (Wildman–Crippen LogP) is 4.56. The van der Waals surface area contributed by atoms with Crippen molar-refractivity contribution >= 4 is 35.0 Å². The van der Waals surface area contributed by atoms with E-state index in [2.05, 4.69) is 0 Å². The van der Waals surface area contributed by atoms with E-state index in [9.17, 15) is 14.4 Å². The molecular weight excluding hydrogens is 402 g/mol. The van der Waals surface area contributed by atoms with Crippen LogP contribution >= 0.6 is 11.8 Å². The normalized spacial score (nSPS) is 15.2. The molecule has 1 fully saturated rings. The van der Waals surface area contributed by atoms with Crippen molar-refractivity contribution in [2.45, 2.75) is 33.5 Å². The minimum absolute atomic E-state index is 0.257. The number of thioether (sulfide) groups is 1. The number of ether oxygens (including phenoxy) is 2. The highest BCUT2D eigenvalue weighted by Gasteiger charge is 2.36. The highest BCUT2D eigenvalue weighted by molar-refractivity contribution is 8.18. The molecular formula is C23H23NO5S. The van der Waals surface area contributed by atoms with Gasteiger partial charge in [-0.1, -0.05) is 42.0 Å². The molecule has 1 heterocycles. The Bertz CT molecular complexity index is 981. The second kappa shape index (κ2) is 9.63. The van der Waals surface area contributed by atoms with Crippen molar-refractivity contribution in [3.63, 3.8) is 0 Å². The monoisotopic (exact) mass is 425 g/mol. The van der Waals surface area contributed by atoms with Gasteiger partial charge in [0, 0.05) is 0 Å². The van der Waals surface area contributed by atoms with Crippen molar-refractivity contribution in [2.75, 3.05) is 6.54 Å². The van der Waals surface area contributed by atoms with Gasteiger partial charge in [0.15, 0.2) is 0 Å². The Balaban J connectivity index is 1.67. The molecule has 0 unspecified atom stereocenters. The van der Waals surface area contributed by atoms with Gasteiger partial charge in [0.2, 0.25) is 0 Å². The molecule has 3 rings (SSSR count). The maximum absolute atomic E-state index is 12.5. The van der Waals surface area contributed by atoms with E-state index < -0.39 is 17.1 Å². The molecule has 0 spiro atoms. The Hall–Kier alpha value is -3.06. The quantitative estimate of drug-likeness (QED) is 0.478. The van der Waals surface area contributed by atoms with Crippen LogP contribution in [-0.2, 0) is 20.9 Å². The minimum atomic E-state index is -0.611. The van der Waals surface area contributed by atoms with Gasteiger partial charge < -0.3 is 9.47 Å². The molecule has 156 valence electrons. The van der Waals surface area contributed by atoms with Crippen molar-refractivity contribution < 1.29 is 23.9 Å². The number of rotatable bonds is 7. The van der Waals surface area contributed by atoms with Crippen LogP contribution < -0.4 is 4.74 Å². The molecule has 7 heteroatoms. The molecule has 0 aromatic heterocycles. The number of hydrogen-bond donors (Lipinski definition) is 0. The molecule has 6 nitrogen and oxygen atoms in total. The Labute approximate surface area is 179 Å². The molecule has 1 saturated heterocycles. The maximum Gasteiger partial charge on any atom is 0.326 e. The molecule has 0 radical (unpaired) electrons. The highest BCUT2D eigenvalue weighted by Crippen LogP contribution is 2.32. The zero-order chi connectivity index (χ0) is 21.7. The lowest BCUT2D eigenvalue weighted by molar-refractivity contribution is -0.149. The van der Waals surface area contributed by atoms with E-state index in [1.807, 2.05) is 49.4 Å². The van der Waals surface area contributed by atoms with Crippen LogP contribution in [0.25, 0.3) is 6.08 Å². The van der Waals surface area contributed by atoms with Gasteiger partial charge in [0.25, 0.3) is 11.1 Å². The van der Waals surface area contributed by atoms with Crippen LogP contribution in [0.3, 0.4) is 0 Å². The minimum Gasteiger partial charge on any atom is -0.489 e.